The number of hydrogen-bond acceptors (Lipinski definition) is 2. The number of hydrogen-bond donors (Lipinski definition) is 1. The molecule has 0 atom stereocenters. The van der Waals surface area contributed by atoms with Crippen molar-refractivity contribution < 1.29 is 4.79 Å². The van der Waals surface area contributed by atoms with E-state index in [-0.39, 0.29) is 5.91 Å². The van der Waals surface area contributed by atoms with Gasteiger partial charge in [0.1, 0.15) is 0 Å². The Balaban J connectivity index is 1.25. The smallest absolute Gasteiger partial charge is 0.296 e. The maximum atomic E-state index is 12.2. The second-order valence-corrected chi connectivity index (χ2v) is 9.23. The zero-order valence-electron chi connectivity index (χ0n) is 19.0. The molecule has 1 N–H and O–H groups in total. The van der Waals surface area contributed by atoms with Crippen LogP contribution < -0.4 is 5.32 Å². The summed E-state index contributed by atoms with van der Waals surface area (Å²) in [5, 5.41) is 3.59. The number of carbonyl (C=O) groups excluding carboxylic acids is 1. The molecular weight excluding hydrogens is 428 g/mol. The molecule has 0 radical (unpaired) electrons. The van der Waals surface area contributed by atoms with E-state index in [9.17, 15) is 4.79 Å². The molecule has 0 unspecified atom stereocenters. The molecule has 4 rings (SSSR count). The Morgan fingerprint density at radius 3 is 2.12 bits per heavy atom. The van der Waals surface area contributed by atoms with E-state index in [2.05, 4.69) is 41.1 Å². The van der Waals surface area contributed by atoms with Crippen molar-refractivity contribution in [3.63, 3.8) is 0 Å². The number of piperidine rings is 1. The van der Waals surface area contributed by atoms with Crippen LogP contribution in [-0.4, -0.2) is 23.9 Å². The van der Waals surface area contributed by atoms with Crippen LogP contribution in [0.3, 0.4) is 0 Å². The highest BCUT2D eigenvalue weighted by Gasteiger charge is 2.15. The number of halogens is 1. The van der Waals surface area contributed by atoms with E-state index in [0.717, 1.165) is 39.7 Å². The van der Waals surface area contributed by atoms with Gasteiger partial charge in [-0.25, -0.2) is 0 Å². The van der Waals surface area contributed by atoms with E-state index in [0.29, 0.717) is 6.54 Å². The lowest BCUT2D eigenvalue weighted by Gasteiger charge is -2.30. The third kappa shape index (κ3) is 6.96. The van der Waals surface area contributed by atoms with Crippen LogP contribution in [0, 0.1) is 17.8 Å². The fourth-order valence-corrected chi connectivity index (χ4v) is 4.11. The summed E-state index contributed by atoms with van der Waals surface area (Å²) in [6, 6.07) is 24.1. The first-order valence-corrected chi connectivity index (χ1v) is 11.9. The van der Waals surface area contributed by atoms with Gasteiger partial charge in [0.05, 0.1) is 0 Å². The number of rotatable bonds is 5. The molecule has 168 valence electrons. The lowest BCUT2D eigenvalue weighted by molar-refractivity contribution is -0.115. The summed E-state index contributed by atoms with van der Waals surface area (Å²) >= 11 is 5.95. The number of benzene rings is 3. The summed E-state index contributed by atoms with van der Waals surface area (Å²) in [5.74, 6) is 6.23. The van der Waals surface area contributed by atoms with Crippen LogP contribution in [0.15, 0.2) is 72.8 Å². The third-order valence-corrected chi connectivity index (χ3v) is 6.39. The second-order valence-electron chi connectivity index (χ2n) is 8.79. The Morgan fingerprint density at radius 1 is 0.909 bits per heavy atom. The van der Waals surface area contributed by atoms with Crippen LogP contribution >= 0.6 is 11.6 Å². The van der Waals surface area contributed by atoms with Crippen molar-refractivity contribution >= 4 is 17.5 Å². The average molecular weight is 457 g/mol. The molecule has 1 heterocycles. The van der Waals surface area contributed by atoms with E-state index >= 15 is 0 Å². The van der Waals surface area contributed by atoms with Gasteiger partial charge in [-0.3, -0.25) is 9.69 Å². The zero-order valence-corrected chi connectivity index (χ0v) is 19.7. The van der Waals surface area contributed by atoms with Gasteiger partial charge in [-0.05, 0) is 78.4 Å². The Labute approximate surface area is 201 Å². The molecule has 1 aliphatic rings. The van der Waals surface area contributed by atoms with Crippen LogP contribution in [0.25, 0.3) is 11.1 Å². The van der Waals surface area contributed by atoms with Gasteiger partial charge in [-0.1, -0.05) is 73.0 Å². The lowest BCUT2D eigenvalue weighted by atomic mass is 9.99. The molecule has 1 amide bonds. The average Bonchev–Trinajstić information content (AvgIpc) is 2.84. The molecule has 1 fully saturated rings. The molecule has 3 nitrogen and oxygen atoms in total. The predicted octanol–water partition coefficient (Wildman–Crippen LogP) is 5.91. The van der Waals surface area contributed by atoms with E-state index in [1.165, 1.54) is 31.5 Å². The highest BCUT2D eigenvalue weighted by Crippen LogP contribution is 2.22. The van der Waals surface area contributed by atoms with Crippen molar-refractivity contribution in [3.05, 3.63) is 94.5 Å². The van der Waals surface area contributed by atoms with Crippen LogP contribution in [0.4, 0.5) is 0 Å². The van der Waals surface area contributed by atoms with Crippen LogP contribution in [0.2, 0.25) is 5.02 Å². The summed E-state index contributed by atoms with van der Waals surface area (Å²) in [6.07, 6.45) is 2.57. The van der Waals surface area contributed by atoms with Crippen molar-refractivity contribution in [2.45, 2.75) is 32.9 Å². The van der Waals surface area contributed by atoms with Crippen molar-refractivity contribution in [1.82, 2.24) is 10.2 Å². The first-order chi connectivity index (χ1) is 16.0. The minimum absolute atomic E-state index is 0.275. The molecule has 33 heavy (non-hydrogen) atoms. The standard InChI is InChI=1S/C29H29ClN2O/c1-22-16-18-32(19-17-22)21-25-4-2-23(3-5-25)8-15-29(33)31-20-24-6-9-26(10-7-24)27-11-13-28(30)14-12-27/h2-7,9-14,22H,16-21H2,1H3,(H,31,33). The summed E-state index contributed by atoms with van der Waals surface area (Å²) in [4.78, 5) is 14.7. The maximum absolute atomic E-state index is 12.2. The van der Waals surface area contributed by atoms with Crippen molar-refractivity contribution in [2.75, 3.05) is 13.1 Å². The fraction of sp³-hybridized carbons (Fsp3) is 0.276. The lowest BCUT2D eigenvalue weighted by Crippen LogP contribution is -2.32. The number of amides is 1. The highest BCUT2D eigenvalue weighted by molar-refractivity contribution is 6.30. The molecule has 0 saturated carbocycles. The topological polar surface area (TPSA) is 32.3 Å². The van der Waals surface area contributed by atoms with Crippen LogP contribution in [-0.2, 0) is 17.9 Å². The maximum Gasteiger partial charge on any atom is 0.296 e. The summed E-state index contributed by atoms with van der Waals surface area (Å²) in [7, 11) is 0. The van der Waals surface area contributed by atoms with Crippen molar-refractivity contribution in [3.8, 4) is 23.0 Å². The largest absolute Gasteiger partial charge is 0.341 e. The monoisotopic (exact) mass is 456 g/mol. The number of carbonyl (C=O) groups is 1. The molecule has 0 spiro atoms. The zero-order chi connectivity index (χ0) is 23.0. The van der Waals surface area contributed by atoms with E-state index < -0.39 is 0 Å². The van der Waals surface area contributed by atoms with Gasteiger partial charge in [-0.2, -0.15) is 0 Å². The van der Waals surface area contributed by atoms with Crippen LogP contribution in [0.5, 0.6) is 0 Å². The molecule has 0 bridgehead atoms. The number of nitrogens with one attached hydrogen (secondary N) is 1. The highest BCUT2D eigenvalue weighted by atomic mass is 35.5. The molecular formula is C29H29ClN2O. The molecule has 1 saturated heterocycles. The Kier molecular flexibility index (Phi) is 7.83. The van der Waals surface area contributed by atoms with Gasteiger partial charge < -0.3 is 5.32 Å². The summed E-state index contributed by atoms with van der Waals surface area (Å²) < 4.78 is 0. The Morgan fingerprint density at radius 2 is 1.48 bits per heavy atom. The Hall–Kier alpha value is -3.06. The fourth-order valence-electron chi connectivity index (χ4n) is 3.98. The molecule has 1 aliphatic heterocycles. The van der Waals surface area contributed by atoms with Gasteiger partial charge >= 0.3 is 0 Å². The summed E-state index contributed by atoms with van der Waals surface area (Å²) in [6.45, 7) is 6.11. The third-order valence-electron chi connectivity index (χ3n) is 6.14. The molecule has 0 aromatic heterocycles. The van der Waals surface area contributed by atoms with Crippen molar-refractivity contribution in [1.29, 1.82) is 0 Å². The van der Waals surface area contributed by atoms with E-state index in [1.807, 2.05) is 60.7 Å². The van der Waals surface area contributed by atoms with E-state index in [4.69, 9.17) is 11.6 Å². The Bertz CT molecular complexity index is 1120. The minimum Gasteiger partial charge on any atom is -0.341 e. The quantitative estimate of drug-likeness (QED) is 0.484. The van der Waals surface area contributed by atoms with Gasteiger partial charge in [0.2, 0.25) is 0 Å². The normalized spacial score (nSPS) is 14.4. The molecule has 3 aromatic carbocycles. The first kappa shape index (κ1) is 23.1. The summed E-state index contributed by atoms with van der Waals surface area (Å²) in [5.41, 5.74) is 5.40. The molecule has 4 heteroatoms. The SMILES string of the molecule is CC1CCN(Cc2ccc(C#CC(=O)NCc3ccc(-c4ccc(Cl)cc4)cc3)cc2)CC1. The van der Waals surface area contributed by atoms with Crippen LogP contribution in [0.1, 0.15) is 36.5 Å². The molecule has 3 aromatic rings. The van der Waals surface area contributed by atoms with Crippen molar-refractivity contribution in [2.24, 2.45) is 5.92 Å². The minimum atomic E-state index is -0.275. The second kappa shape index (κ2) is 11.2. The van der Waals surface area contributed by atoms with Gasteiger partial charge in [-0.15, -0.1) is 0 Å². The number of nitrogens with zero attached hydrogens (tertiary/aromatic N) is 1. The first-order valence-electron chi connectivity index (χ1n) is 11.5. The predicted molar refractivity (Wildman–Crippen MR) is 136 cm³/mol. The van der Waals surface area contributed by atoms with Gasteiger partial charge in [0, 0.05) is 29.6 Å². The number of likely N-dealkylation sites (tertiary alicyclic amines) is 1. The molecule has 0 aliphatic carbocycles. The van der Waals surface area contributed by atoms with E-state index in [1.54, 1.807) is 0 Å². The van der Waals surface area contributed by atoms with Gasteiger partial charge in [0.15, 0.2) is 0 Å². The van der Waals surface area contributed by atoms with Gasteiger partial charge in [0.25, 0.3) is 5.91 Å².